The summed E-state index contributed by atoms with van der Waals surface area (Å²) < 4.78 is 55.2. The highest BCUT2D eigenvalue weighted by molar-refractivity contribution is 6.40. The maximum atomic E-state index is 14.1. The lowest BCUT2D eigenvalue weighted by Gasteiger charge is -2.26. The van der Waals surface area contributed by atoms with Crippen molar-refractivity contribution in [2.75, 3.05) is 12.1 Å². The molecule has 1 aliphatic rings. The van der Waals surface area contributed by atoms with E-state index >= 15 is 0 Å². The van der Waals surface area contributed by atoms with Crippen LogP contribution in [-0.4, -0.2) is 29.5 Å². The van der Waals surface area contributed by atoms with Crippen LogP contribution in [-0.2, 0) is 16.1 Å². The van der Waals surface area contributed by atoms with Gasteiger partial charge in [-0.2, -0.15) is 10.1 Å². The molecule has 2 aromatic rings. The summed E-state index contributed by atoms with van der Waals surface area (Å²) in [5, 5.41) is 3.94. The quantitative estimate of drug-likeness (QED) is 0.573. The molecule has 2 amide bonds. The van der Waals surface area contributed by atoms with Gasteiger partial charge in [0.2, 0.25) is 5.91 Å². The van der Waals surface area contributed by atoms with Crippen molar-refractivity contribution in [3.05, 3.63) is 64.7 Å². The molecule has 0 radical (unpaired) electrons. The summed E-state index contributed by atoms with van der Waals surface area (Å²) in [6.07, 6.45) is -0.354. The van der Waals surface area contributed by atoms with Gasteiger partial charge in [-0.05, 0) is 18.1 Å². The smallest absolute Gasteiger partial charge is 0.270 e. The van der Waals surface area contributed by atoms with Gasteiger partial charge in [-0.1, -0.05) is 24.3 Å². The summed E-state index contributed by atoms with van der Waals surface area (Å²) in [6.45, 7) is 2.13. The molecule has 0 aromatic heterocycles. The normalized spacial score (nSPS) is 14.1. The second-order valence-electron chi connectivity index (χ2n) is 6.66. The van der Waals surface area contributed by atoms with Crippen molar-refractivity contribution >= 4 is 23.2 Å². The summed E-state index contributed by atoms with van der Waals surface area (Å²) in [4.78, 5) is 26.2. The summed E-state index contributed by atoms with van der Waals surface area (Å²) in [5.74, 6) is -8.31. The Morgan fingerprint density at radius 2 is 1.72 bits per heavy atom. The molecule has 3 rings (SSSR count). The first kappa shape index (κ1) is 20.5. The summed E-state index contributed by atoms with van der Waals surface area (Å²) in [7, 11) is 1.51. The van der Waals surface area contributed by atoms with Gasteiger partial charge in [0.1, 0.15) is 11.4 Å². The van der Waals surface area contributed by atoms with E-state index in [2.05, 4.69) is 5.10 Å². The lowest BCUT2D eigenvalue weighted by molar-refractivity contribution is -0.123. The highest BCUT2D eigenvalue weighted by Crippen LogP contribution is 2.30. The molecule has 0 atom stereocenters. The van der Waals surface area contributed by atoms with E-state index < -0.39 is 40.8 Å². The Bertz CT molecular complexity index is 997. The molecule has 0 N–H and O–H groups in total. The van der Waals surface area contributed by atoms with Crippen LogP contribution in [0.15, 0.2) is 35.4 Å². The fraction of sp³-hybridized carbons (Fsp3) is 0.250. The number of anilines is 1. The summed E-state index contributed by atoms with van der Waals surface area (Å²) >= 11 is 0. The Hall–Kier alpha value is -3.23. The van der Waals surface area contributed by atoms with Gasteiger partial charge >= 0.3 is 0 Å². The fourth-order valence-corrected chi connectivity index (χ4v) is 2.96. The largest absolute Gasteiger partial charge is 0.336 e. The van der Waals surface area contributed by atoms with E-state index in [0.717, 1.165) is 11.1 Å². The van der Waals surface area contributed by atoms with Crippen molar-refractivity contribution < 1.29 is 27.2 Å². The number of aryl methyl sites for hydroxylation is 1. The fourth-order valence-electron chi connectivity index (χ4n) is 2.96. The van der Waals surface area contributed by atoms with Crippen molar-refractivity contribution in [3.63, 3.8) is 0 Å². The Balaban J connectivity index is 1.92. The number of carbonyl (C=O) groups is 2. The summed E-state index contributed by atoms with van der Waals surface area (Å²) in [5.41, 5.74) is 0.425. The van der Waals surface area contributed by atoms with Crippen molar-refractivity contribution in [1.29, 1.82) is 0 Å². The van der Waals surface area contributed by atoms with Crippen molar-refractivity contribution in [1.82, 2.24) is 4.90 Å². The van der Waals surface area contributed by atoms with Gasteiger partial charge < -0.3 is 4.90 Å². The van der Waals surface area contributed by atoms with E-state index in [4.69, 9.17) is 0 Å². The SMILES string of the molecule is Cc1ccccc1CN(C)C(=O)C1=NN(c2c(F)c(F)cc(F)c2F)C(=O)CC1. The number of amides is 2. The minimum absolute atomic E-state index is 0.0361. The highest BCUT2D eigenvalue weighted by Gasteiger charge is 2.33. The lowest BCUT2D eigenvalue weighted by Crippen LogP contribution is -2.40. The van der Waals surface area contributed by atoms with Crippen LogP contribution < -0.4 is 5.01 Å². The van der Waals surface area contributed by atoms with Crippen molar-refractivity contribution in [2.24, 2.45) is 5.10 Å². The molecule has 0 spiro atoms. The minimum atomic E-state index is -1.76. The third kappa shape index (κ3) is 3.98. The number of benzene rings is 2. The van der Waals surface area contributed by atoms with Crippen LogP contribution in [0.4, 0.5) is 23.2 Å². The van der Waals surface area contributed by atoms with Crippen LogP contribution in [0.1, 0.15) is 24.0 Å². The van der Waals surface area contributed by atoms with E-state index in [-0.39, 0.29) is 36.2 Å². The minimum Gasteiger partial charge on any atom is -0.336 e. The zero-order valence-corrected chi connectivity index (χ0v) is 15.7. The third-order valence-corrected chi connectivity index (χ3v) is 4.60. The molecule has 0 saturated heterocycles. The van der Waals surface area contributed by atoms with Crippen LogP contribution in [0.5, 0.6) is 0 Å². The molecule has 9 heteroatoms. The molecule has 2 aromatic carbocycles. The van der Waals surface area contributed by atoms with E-state index in [1.165, 1.54) is 11.9 Å². The van der Waals surface area contributed by atoms with Crippen LogP contribution in [0, 0.1) is 30.2 Å². The highest BCUT2D eigenvalue weighted by atomic mass is 19.2. The van der Waals surface area contributed by atoms with Gasteiger partial charge in [0.15, 0.2) is 23.3 Å². The molecular formula is C20H17F4N3O2. The van der Waals surface area contributed by atoms with Gasteiger partial charge in [-0.3, -0.25) is 9.59 Å². The molecule has 1 heterocycles. The van der Waals surface area contributed by atoms with Gasteiger partial charge in [-0.25, -0.2) is 17.6 Å². The Morgan fingerprint density at radius 3 is 2.34 bits per heavy atom. The molecule has 0 unspecified atom stereocenters. The molecule has 0 bridgehead atoms. The molecule has 0 fully saturated rings. The van der Waals surface area contributed by atoms with Gasteiger partial charge in [0.25, 0.3) is 5.91 Å². The molecule has 0 saturated carbocycles. The first-order valence-corrected chi connectivity index (χ1v) is 8.74. The second-order valence-corrected chi connectivity index (χ2v) is 6.66. The molecular weight excluding hydrogens is 390 g/mol. The van der Waals surface area contributed by atoms with Crippen molar-refractivity contribution in [2.45, 2.75) is 26.3 Å². The Labute approximate surface area is 164 Å². The maximum absolute atomic E-state index is 14.1. The third-order valence-electron chi connectivity index (χ3n) is 4.60. The van der Waals surface area contributed by atoms with E-state index in [1.807, 2.05) is 31.2 Å². The summed E-state index contributed by atoms with van der Waals surface area (Å²) in [6, 6.07) is 7.45. The second kappa shape index (κ2) is 8.02. The van der Waals surface area contributed by atoms with E-state index in [0.29, 0.717) is 0 Å². The van der Waals surface area contributed by atoms with Gasteiger partial charge in [0, 0.05) is 32.5 Å². The number of hydrogen-bond donors (Lipinski definition) is 0. The number of nitrogens with zero attached hydrogens (tertiary/aromatic N) is 3. The number of hydrazone groups is 1. The monoisotopic (exact) mass is 407 g/mol. The predicted octanol–water partition coefficient (Wildman–Crippen LogP) is 3.69. The number of carbonyl (C=O) groups excluding carboxylic acids is 2. The first-order valence-electron chi connectivity index (χ1n) is 8.74. The molecule has 29 heavy (non-hydrogen) atoms. The zero-order chi connectivity index (χ0) is 21.3. The zero-order valence-electron chi connectivity index (χ0n) is 15.7. The van der Waals surface area contributed by atoms with Crippen LogP contribution >= 0.6 is 0 Å². The molecule has 5 nitrogen and oxygen atoms in total. The first-order chi connectivity index (χ1) is 13.7. The van der Waals surface area contributed by atoms with Crippen molar-refractivity contribution in [3.8, 4) is 0 Å². The molecule has 1 aliphatic heterocycles. The van der Waals surface area contributed by atoms with E-state index in [1.54, 1.807) is 0 Å². The average Bonchev–Trinajstić information content (AvgIpc) is 2.69. The maximum Gasteiger partial charge on any atom is 0.270 e. The van der Waals surface area contributed by atoms with Crippen LogP contribution in [0.2, 0.25) is 0 Å². The van der Waals surface area contributed by atoms with Gasteiger partial charge in [-0.15, -0.1) is 0 Å². The average molecular weight is 407 g/mol. The number of rotatable bonds is 4. The standard InChI is InChI=1S/C20H17F4N3O2/c1-11-5-3-4-6-12(11)10-26(2)20(29)15-7-8-16(28)27(25-15)19-17(23)13(21)9-14(22)18(19)24/h3-6,9H,7-8,10H2,1-2H3. The van der Waals surface area contributed by atoms with Crippen LogP contribution in [0.3, 0.4) is 0 Å². The van der Waals surface area contributed by atoms with Gasteiger partial charge in [0.05, 0.1) is 0 Å². The van der Waals surface area contributed by atoms with Crippen LogP contribution in [0.25, 0.3) is 0 Å². The molecule has 0 aliphatic carbocycles. The Morgan fingerprint density at radius 1 is 1.10 bits per heavy atom. The number of halogens is 4. The van der Waals surface area contributed by atoms with E-state index in [9.17, 15) is 27.2 Å². The lowest BCUT2D eigenvalue weighted by atomic mass is 10.1. The molecule has 152 valence electrons. The number of hydrogen-bond acceptors (Lipinski definition) is 3. The predicted molar refractivity (Wildman–Crippen MR) is 98.1 cm³/mol. The Kier molecular flexibility index (Phi) is 5.67. The topological polar surface area (TPSA) is 53.0 Å².